The van der Waals surface area contributed by atoms with E-state index in [9.17, 15) is 4.79 Å². The predicted octanol–water partition coefficient (Wildman–Crippen LogP) is 3.47. The molecule has 2 rings (SSSR count). The Kier molecular flexibility index (Phi) is 5.83. The minimum absolute atomic E-state index is 0.0975. The Bertz CT molecular complexity index is 605. The highest BCUT2D eigenvalue weighted by molar-refractivity contribution is 5.67. The molecule has 0 saturated heterocycles. The van der Waals surface area contributed by atoms with Gasteiger partial charge in [-0.05, 0) is 37.1 Å². The second kappa shape index (κ2) is 8.08. The normalized spacial score (nSPS) is 10.2. The Labute approximate surface area is 130 Å². The first kappa shape index (κ1) is 15.9. The fraction of sp³-hybridized carbons (Fsp3) is 0.278. The quantitative estimate of drug-likeness (QED) is 0.758. The molecule has 116 valence electrons. The lowest BCUT2D eigenvalue weighted by molar-refractivity contribution is -0.136. The molecule has 0 atom stereocenters. The largest absolute Gasteiger partial charge is 0.490 e. The monoisotopic (exact) mass is 300 g/mol. The molecule has 0 bridgehead atoms. The number of carboxylic acids is 1. The maximum Gasteiger partial charge on any atom is 0.303 e. The Morgan fingerprint density at radius 2 is 1.68 bits per heavy atom. The van der Waals surface area contributed by atoms with Gasteiger partial charge in [-0.1, -0.05) is 35.9 Å². The summed E-state index contributed by atoms with van der Waals surface area (Å²) in [6.45, 7) is 2.88. The molecule has 0 aromatic heterocycles. The lowest BCUT2D eigenvalue weighted by Gasteiger charge is -2.11. The highest BCUT2D eigenvalue weighted by atomic mass is 16.5. The maximum atomic E-state index is 10.7. The third-order valence-electron chi connectivity index (χ3n) is 3.21. The van der Waals surface area contributed by atoms with E-state index in [1.165, 1.54) is 5.56 Å². The van der Waals surface area contributed by atoms with Gasteiger partial charge >= 0.3 is 5.97 Å². The molecule has 0 unspecified atom stereocenters. The van der Waals surface area contributed by atoms with Crippen LogP contribution in [0.2, 0.25) is 0 Å². The lowest BCUT2D eigenvalue weighted by Crippen LogP contribution is -2.10. The van der Waals surface area contributed by atoms with Crippen molar-refractivity contribution in [1.82, 2.24) is 0 Å². The van der Waals surface area contributed by atoms with Crippen molar-refractivity contribution >= 4 is 5.97 Å². The molecule has 0 aliphatic rings. The summed E-state index contributed by atoms with van der Waals surface area (Å²) in [7, 11) is 0. The molecule has 0 radical (unpaired) electrons. The number of para-hydroxylation sites is 1. The molecule has 0 heterocycles. The van der Waals surface area contributed by atoms with E-state index in [4.69, 9.17) is 14.6 Å². The van der Waals surface area contributed by atoms with Crippen molar-refractivity contribution in [2.75, 3.05) is 13.2 Å². The molecular weight excluding hydrogens is 280 g/mol. The predicted molar refractivity (Wildman–Crippen MR) is 84.6 cm³/mol. The van der Waals surface area contributed by atoms with Crippen LogP contribution < -0.4 is 9.47 Å². The van der Waals surface area contributed by atoms with Gasteiger partial charge in [-0.25, -0.2) is 0 Å². The molecule has 0 amide bonds. The fourth-order valence-corrected chi connectivity index (χ4v) is 2.04. The Morgan fingerprint density at radius 1 is 1.00 bits per heavy atom. The number of carboxylic acid groups (broad SMARTS) is 1. The number of hydrogen-bond donors (Lipinski definition) is 1. The van der Waals surface area contributed by atoms with Crippen LogP contribution in [0.25, 0.3) is 0 Å². The number of hydrogen-bond acceptors (Lipinski definition) is 3. The summed E-state index contributed by atoms with van der Waals surface area (Å²) in [5.41, 5.74) is 2.09. The standard InChI is InChI=1S/C18H20O4/c1-14-6-9-16(10-7-14)21-12-13-22-17-5-3-2-4-15(17)8-11-18(19)20/h2-7,9-10H,8,11-13H2,1H3,(H,19,20). The molecule has 0 aliphatic heterocycles. The Morgan fingerprint density at radius 3 is 2.41 bits per heavy atom. The zero-order valence-electron chi connectivity index (χ0n) is 12.6. The van der Waals surface area contributed by atoms with Crippen molar-refractivity contribution in [1.29, 1.82) is 0 Å². The van der Waals surface area contributed by atoms with Crippen LogP contribution in [0, 0.1) is 6.92 Å². The molecule has 0 aliphatic carbocycles. The second-order valence-corrected chi connectivity index (χ2v) is 5.01. The average Bonchev–Trinajstić information content (AvgIpc) is 2.52. The second-order valence-electron chi connectivity index (χ2n) is 5.01. The highest BCUT2D eigenvalue weighted by Crippen LogP contribution is 2.19. The van der Waals surface area contributed by atoms with Crippen molar-refractivity contribution in [2.45, 2.75) is 19.8 Å². The molecule has 2 aromatic carbocycles. The molecule has 22 heavy (non-hydrogen) atoms. The maximum absolute atomic E-state index is 10.7. The summed E-state index contributed by atoms with van der Waals surface area (Å²) in [6.07, 6.45) is 0.560. The summed E-state index contributed by atoms with van der Waals surface area (Å²) in [4.78, 5) is 10.7. The van der Waals surface area contributed by atoms with Gasteiger partial charge in [0.2, 0.25) is 0 Å². The number of ether oxygens (including phenoxy) is 2. The zero-order valence-corrected chi connectivity index (χ0v) is 12.6. The zero-order chi connectivity index (χ0) is 15.8. The number of aryl methyl sites for hydroxylation is 2. The van der Waals surface area contributed by atoms with E-state index in [2.05, 4.69) is 0 Å². The van der Waals surface area contributed by atoms with E-state index in [-0.39, 0.29) is 6.42 Å². The average molecular weight is 300 g/mol. The first-order chi connectivity index (χ1) is 10.6. The third-order valence-corrected chi connectivity index (χ3v) is 3.21. The first-order valence-electron chi connectivity index (χ1n) is 7.27. The van der Waals surface area contributed by atoms with Crippen LogP contribution in [0.5, 0.6) is 11.5 Å². The SMILES string of the molecule is Cc1ccc(OCCOc2ccccc2CCC(=O)O)cc1. The van der Waals surface area contributed by atoms with Crippen molar-refractivity contribution in [3.05, 3.63) is 59.7 Å². The summed E-state index contributed by atoms with van der Waals surface area (Å²) in [5, 5.41) is 8.76. The number of carbonyl (C=O) groups is 1. The third kappa shape index (κ3) is 5.13. The van der Waals surface area contributed by atoms with Crippen LogP contribution in [-0.4, -0.2) is 24.3 Å². The molecule has 0 fully saturated rings. The van der Waals surface area contributed by atoms with Crippen molar-refractivity contribution < 1.29 is 19.4 Å². The number of benzene rings is 2. The van der Waals surface area contributed by atoms with Crippen LogP contribution in [0.4, 0.5) is 0 Å². The topological polar surface area (TPSA) is 55.8 Å². The van der Waals surface area contributed by atoms with Gasteiger partial charge in [0.1, 0.15) is 24.7 Å². The Hall–Kier alpha value is -2.49. The van der Waals surface area contributed by atoms with Crippen LogP contribution in [0.15, 0.2) is 48.5 Å². The van der Waals surface area contributed by atoms with Gasteiger partial charge in [0, 0.05) is 6.42 Å². The van der Waals surface area contributed by atoms with E-state index < -0.39 is 5.97 Å². The van der Waals surface area contributed by atoms with Crippen molar-refractivity contribution in [3.8, 4) is 11.5 Å². The molecule has 0 saturated carbocycles. The van der Waals surface area contributed by atoms with E-state index in [0.717, 1.165) is 17.1 Å². The van der Waals surface area contributed by atoms with Crippen molar-refractivity contribution in [2.24, 2.45) is 0 Å². The minimum atomic E-state index is -0.808. The van der Waals surface area contributed by atoms with E-state index in [1.54, 1.807) is 0 Å². The van der Waals surface area contributed by atoms with Crippen LogP contribution in [-0.2, 0) is 11.2 Å². The molecule has 0 spiro atoms. The van der Waals surface area contributed by atoms with Gasteiger partial charge in [0.15, 0.2) is 0 Å². The lowest BCUT2D eigenvalue weighted by atomic mass is 10.1. The van der Waals surface area contributed by atoms with E-state index in [1.807, 2.05) is 55.5 Å². The van der Waals surface area contributed by atoms with E-state index in [0.29, 0.717) is 19.6 Å². The van der Waals surface area contributed by atoms with Crippen LogP contribution >= 0.6 is 0 Å². The molecule has 2 aromatic rings. The number of aliphatic carboxylic acids is 1. The molecular formula is C18H20O4. The summed E-state index contributed by atoms with van der Waals surface area (Å²) < 4.78 is 11.3. The summed E-state index contributed by atoms with van der Waals surface area (Å²) >= 11 is 0. The fourth-order valence-electron chi connectivity index (χ4n) is 2.04. The van der Waals surface area contributed by atoms with Gasteiger partial charge in [-0.2, -0.15) is 0 Å². The van der Waals surface area contributed by atoms with Gasteiger partial charge < -0.3 is 14.6 Å². The Balaban J connectivity index is 1.81. The highest BCUT2D eigenvalue weighted by Gasteiger charge is 2.05. The summed E-state index contributed by atoms with van der Waals surface area (Å²) in [5.74, 6) is 0.724. The molecule has 4 nitrogen and oxygen atoms in total. The van der Waals surface area contributed by atoms with Crippen LogP contribution in [0.3, 0.4) is 0 Å². The van der Waals surface area contributed by atoms with Gasteiger partial charge in [0.05, 0.1) is 0 Å². The van der Waals surface area contributed by atoms with Gasteiger partial charge in [-0.3, -0.25) is 4.79 Å². The first-order valence-corrected chi connectivity index (χ1v) is 7.27. The van der Waals surface area contributed by atoms with Gasteiger partial charge in [0.25, 0.3) is 0 Å². The van der Waals surface area contributed by atoms with Gasteiger partial charge in [-0.15, -0.1) is 0 Å². The van der Waals surface area contributed by atoms with Crippen LogP contribution in [0.1, 0.15) is 17.5 Å². The molecule has 1 N–H and O–H groups in total. The summed E-state index contributed by atoms with van der Waals surface area (Å²) in [6, 6.07) is 15.3. The number of rotatable bonds is 8. The van der Waals surface area contributed by atoms with Crippen molar-refractivity contribution in [3.63, 3.8) is 0 Å². The smallest absolute Gasteiger partial charge is 0.303 e. The van der Waals surface area contributed by atoms with E-state index >= 15 is 0 Å². The minimum Gasteiger partial charge on any atom is -0.490 e. The molecule has 4 heteroatoms.